The Labute approximate surface area is 132 Å². The van der Waals surface area contributed by atoms with Crippen LogP contribution in [0.2, 0.25) is 5.02 Å². The number of phenolic OH excluding ortho intramolecular Hbond substituents is 1. The van der Waals surface area contributed by atoms with Crippen LogP contribution in [-0.2, 0) is 7.05 Å². The second kappa shape index (κ2) is 5.31. The molecule has 22 heavy (non-hydrogen) atoms. The zero-order valence-electron chi connectivity index (χ0n) is 12.1. The van der Waals surface area contributed by atoms with E-state index in [0.717, 1.165) is 16.8 Å². The lowest BCUT2D eigenvalue weighted by Crippen LogP contribution is -2.03. The molecule has 0 atom stereocenters. The molecule has 1 aromatic carbocycles. The van der Waals surface area contributed by atoms with E-state index in [-0.39, 0.29) is 10.8 Å². The highest BCUT2D eigenvalue weighted by molar-refractivity contribution is 6.32. The molecule has 0 aliphatic rings. The summed E-state index contributed by atoms with van der Waals surface area (Å²) in [6.07, 6.45) is 3.25. The molecular weight excluding hydrogens is 302 g/mol. The molecule has 112 valence electrons. The van der Waals surface area contributed by atoms with E-state index in [9.17, 15) is 5.11 Å². The number of benzene rings is 1. The quantitative estimate of drug-likeness (QED) is 0.759. The van der Waals surface area contributed by atoms with Gasteiger partial charge in [-0.25, -0.2) is 4.98 Å². The molecule has 0 saturated heterocycles. The first-order valence-electron chi connectivity index (χ1n) is 6.57. The van der Waals surface area contributed by atoms with Crippen molar-refractivity contribution in [1.29, 1.82) is 0 Å². The fraction of sp³-hybridized carbons (Fsp3) is 0.133. The summed E-state index contributed by atoms with van der Waals surface area (Å²) < 4.78 is 1.73. The highest BCUT2D eigenvalue weighted by Gasteiger charge is 2.17. The molecule has 0 saturated carbocycles. The van der Waals surface area contributed by atoms with Crippen molar-refractivity contribution in [3.63, 3.8) is 0 Å². The SMILES string of the molecule is Cc1cnn(C)c1-c1nc(N)cnc1-c1ccc(O)c(Cl)c1. The molecular formula is C15H14ClN5O. The van der Waals surface area contributed by atoms with E-state index in [0.29, 0.717) is 17.2 Å². The number of hydrogen-bond acceptors (Lipinski definition) is 5. The lowest BCUT2D eigenvalue weighted by Gasteiger charge is -2.11. The molecule has 0 bridgehead atoms. The van der Waals surface area contributed by atoms with Crippen molar-refractivity contribution in [3.05, 3.63) is 41.2 Å². The Balaban J connectivity index is 2.27. The van der Waals surface area contributed by atoms with E-state index in [4.69, 9.17) is 17.3 Å². The lowest BCUT2D eigenvalue weighted by molar-refractivity contribution is 0.475. The van der Waals surface area contributed by atoms with Crippen molar-refractivity contribution < 1.29 is 5.11 Å². The van der Waals surface area contributed by atoms with E-state index in [1.807, 2.05) is 14.0 Å². The van der Waals surface area contributed by atoms with Crippen molar-refractivity contribution in [2.24, 2.45) is 7.05 Å². The van der Waals surface area contributed by atoms with Gasteiger partial charge in [-0.2, -0.15) is 5.10 Å². The molecule has 0 radical (unpaired) electrons. The van der Waals surface area contributed by atoms with Gasteiger partial charge < -0.3 is 10.8 Å². The molecule has 3 aromatic rings. The summed E-state index contributed by atoms with van der Waals surface area (Å²) >= 11 is 5.99. The van der Waals surface area contributed by atoms with Crippen LogP contribution in [0.4, 0.5) is 5.82 Å². The third-order valence-corrected chi connectivity index (χ3v) is 3.66. The van der Waals surface area contributed by atoms with Gasteiger partial charge in [0.05, 0.1) is 28.8 Å². The third-order valence-electron chi connectivity index (χ3n) is 3.36. The first-order valence-corrected chi connectivity index (χ1v) is 6.95. The molecule has 3 N–H and O–H groups in total. The number of anilines is 1. The maximum atomic E-state index is 9.57. The van der Waals surface area contributed by atoms with Gasteiger partial charge in [0.15, 0.2) is 0 Å². The van der Waals surface area contributed by atoms with Crippen molar-refractivity contribution in [1.82, 2.24) is 19.7 Å². The number of nitrogens with two attached hydrogens (primary N) is 1. The zero-order valence-corrected chi connectivity index (χ0v) is 12.8. The zero-order chi connectivity index (χ0) is 15.9. The Morgan fingerprint density at radius 1 is 1.23 bits per heavy atom. The molecule has 0 unspecified atom stereocenters. The summed E-state index contributed by atoms with van der Waals surface area (Å²) in [5, 5.41) is 14.1. The summed E-state index contributed by atoms with van der Waals surface area (Å²) in [4.78, 5) is 8.80. The predicted molar refractivity (Wildman–Crippen MR) is 85.5 cm³/mol. The van der Waals surface area contributed by atoms with Crippen LogP contribution in [-0.4, -0.2) is 24.9 Å². The summed E-state index contributed by atoms with van der Waals surface area (Å²) in [6, 6.07) is 4.90. The van der Waals surface area contributed by atoms with Crippen LogP contribution in [0.5, 0.6) is 5.75 Å². The second-order valence-corrected chi connectivity index (χ2v) is 5.37. The smallest absolute Gasteiger partial charge is 0.142 e. The maximum Gasteiger partial charge on any atom is 0.142 e. The van der Waals surface area contributed by atoms with E-state index < -0.39 is 0 Å². The highest BCUT2D eigenvalue weighted by Crippen LogP contribution is 2.34. The van der Waals surface area contributed by atoms with E-state index >= 15 is 0 Å². The normalized spacial score (nSPS) is 10.9. The summed E-state index contributed by atoms with van der Waals surface area (Å²) in [6.45, 7) is 1.95. The van der Waals surface area contributed by atoms with Crippen molar-refractivity contribution in [2.45, 2.75) is 6.92 Å². The van der Waals surface area contributed by atoms with E-state index in [1.165, 1.54) is 12.3 Å². The minimum absolute atomic E-state index is 0.0204. The standard InChI is InChI=1S/C15H14ClN5O/c1-8-6-19-21(2)15(8)14-13(18-7-12(17)20-14)9-3-4-11(22)10(16)5-9/h3-7,22H,1-2H3,(H2,17,20). The van der Waals surface area contributed by atoms with Gasteiger partial charge >= 0.3 is 0 Å². The minimum atomic E-state index is 0.0204. The molecule has 7 heteroatoms. The fourth-order valence-corrected chi connectivity index (χ4v) is 2.50. The number of hydrogen-bond donors (Lipinski definition) is 2. The topological polar surface area (TPSA) is 89.9 Å². The van der Waals surface area contributed by atoms with Gasteiger partial charge in [0.1, 0.15) is 17.3 Å². The van der Waals surface area contributed by atoms with Gasteiger partial charge in [-0.05, 0) is 30.7 Å². The van der Waals surface area contributed by atoms with Crippen LogP contribution in [0.25, 0.3) is 22.6 Å². The molecule has 0 aliphatic heterocycles. The fourth-order valence-electron chi connectivity index (χ4n) is 2.32. The van der Waals surface area contributed by atoms with Gasteiger partial charge in [0, 0.05) is 12.6 Å². The third kappa shape index (κ3) is 2.37. The second-order valence-electron chi connectivity index (χ2n) is 4.96. The molecule has 0 spiro atoms. The highest BCUT2D eigenvalue weighted by atomic mass is 35.5. The van der Waals surface area contributed by atoms with Gasteiger partial charge in [-0.15, -0.1) is 0 Å². The van der Waals surface area contributed by atoms with Crippen molar-refractivity contribution >= 4 is 17.4 Å². The minimum Gasteiger partial charge on any atom is -0.506 e. The van der Waals surface area contributed by atoms with E-state index in [1.54, 1.807) is 23.0 Å². The molecule has 0 fully saturated rings. The van der Waals surface area contributed by atoms with Crippen LogP contribution < -0.4 is 5.73 Å². The number of aromatic nitrogens is 4. The van der Waals surface area contributed by atoms with Crippen LogP contribution in [0.15, 0.2) is 30.6 Å². The molecule has 0 aliphatic carbocycles. The Kier molecular flexibility index (Phi) is 3.46. The van der Waals surface area contributed by atoms with Gasteiger partial charge in [0.25, 0.3) is 0 Å². The van der Waals surface area contributed by atoms with Crippen LogP contribution in [0.3, 0.4) is 0 Å². The van der Waals surface area contributed by atoms with Gasteiger partial charge in [-0.1, -0.05) is 11.6 Å². The molecule has 6 nitrogen and oxygen atoms in total. The summed E-state index contributed by atoms with van der Waals surface area (Å²) in [5.74, 6) is 0.344. The molecule has 0 amide bonds. The van der Waals surface area contributed by atoms with Crippen LogP contribution in [0.1, 0.15) is 5.56 Å². The van der Waals surface area contributed by atoms with Crippen LogP contribution >= 0.6 is 11.6 Å². The molecule has 2 heterocycles. The van der Waals surface area contributed by atoms with Crippen molar-refractivity contribution in [2.75, 3.05) is 5.73 Å². The predicted octanol–water partition coefficient (Wildman–Crippen LogP) is 2.79. The Hall–Kier alpha value is -2.60. The maximum absolute atomic E-state index is 9.57. The van der Waals surface area contributed by atoms with Crippen molar-refractivity contribution in [3.8, 4) is 28.4 Å². The van der Waals surface area contributed by atoms with E-state index in [2.05, 4.69) is 15.1 Å². The number of aryl methyl sites for hydroxylation is 2. The number of aromatic hydroxyl groups is 1. The average molecular weight is 316 g/mol. The number of phenols is 1. The monoisotopic (exact) mass is 315 g/mol. The number of nitrogens with zero attached hydrogens (tertiary/aromatic N) is 4. The number of rotatable bonds is 2. The van der Waals surface area contributed by atoms with Gasteiger partial charge in [-0.3, -0.25) is 9.67 Å². The number of nitrogen functional groups attached to an aromatic ring is 1. The first kappa shape index (κ1) is 14.3. The largest absolute Gasteiger partial charge is 0.506 e. The van der Waals surface area contributed by atoms with Crippen LogP contribution in [0, 0.1) is 6.92 Å². The molecule has 3 rings (SSSR count). The van der Waals surface area contributed by atoms with Gasteiger partial charge in [0.2, 0.25) is 0 Å². The Bertz CT molecular complexity index is 840. The summed E-state index contributed by atoms with van der Waals surface area (Å²) in [5.41, 5.74) is 9.59. The Morgan fingerprint density at radius 3 is 2.64 bits per heavy atom. The lowest BCUT2D eigenvalue weighted by atomic mass is 10.1. The number of halogens is 1. The first-order chi connectivity index (χ1) is 10.5. The summed E-state index contributed by atoms with van der Waals surface area (Å²) in [7, 11) is 1.83. The Morgan fingerprint density at radius 2 is 2.00 bits per heavy atom. The molecule has 2 aromatic heterocycles. The average Bonchev–Trinajstić information content (AvgIpc) is 2.81.